The predicted octanol–water partition coefficient (Wildman–Crippen LogP) is 2.99. The molecule has 0 spiro atoms. The Hall–Kier alpha value is -3.48. The number of hydrogen-bond donors (Lipinski definition) is 2. The van der Waals surface area contributed by atoms with Crippen LogP contribution in [0.3, 0.4) is 0 Å². The molecule has 4 rings (SSSR count). The quantitative estimate of drug-likeness (QED) is 0.717. The molecule has 0 atom stereocenters. The fourth-order valence-electron chi connectivity index (χ4n) is 3.49. The first-order valence-electron chi connectivity index (χ1n) is 9.46. The molecule has 29 heavy (non-hydrogen) atoms. The van der Waals surface area contributed by atoms with Crippen LogP contribution in [0.5, 0.6) is 0 Å². The summed E-state index contributed by atoms with van der Waals surface area (Å²) in [6, 6.07) is 13.4. The molecular formula is C22H21FN4O2. The van der Waals surface area contributed by atoms with Crippen LogP contribution in [0.15, 0.2) is 48.5 Å². The Labute approximate surface area is 167 Å². The minimum absolute atomic E-state index is 0.0572. The standard InChI is InChI=1S/C22H21FN4O2/c1-14-3-2-4-16(11-14)22(29)27-10-9-19-18(13-27)20(26-25-19)21(28)24-12-15-5-7-17(23)8-6-15/h2-8,11H,9-10,12-13H2,1H3,(H,24,28)(H,25,26). The van der Waals surface area contributed by atoms with Crippen molar-refractivity contribution in [2.45, 2.75) is 26.4 Å². The number of rotatable bonds is 4. The van der Waals surface area contributed by atoms with E-state index in [0.29, 0.717) is 30.8 Å². The first kappa shape index (κ1) is 18.9. The molecule has 6 nitrogen and oxygen atoms in total. The van der Waals surface area contributed by atoms with Crippen LogP contribution in [-0.2, 0) is 19.5 Å². The van der Waals surface area contributed by atoms with Gasteiger partial charge in [0, 0.05) is 36.3 Å². The zero-order chi connectivity index (χ0) is 20.4. The minimum atomic E-state index is -0.323. The number of benzene rings is 2. The van der Waals surface area contributed by atoms with E-state index in [1.807, 2.05) is 25.1 Å². The molecule has 1 aliphatic heterocycles. The highest BCUT2D eigenvalue weighted by Gasteiger charge is 2.28. The number of halogens is 1. The van der Waals surface area contributed by atoms with Crippen LogP contribution in [-0.4, -0.2) is 33.5 Å². The first-order valence-corrected chi connectivity index (χ1v) is 9.46. The van der Waals surface area contributed by atoms with Gasteiger partial charge in [0.1, 0.15) is 5.82 Å². The van der Waals surface area contributed by atoms with E-state index in [0.717, 1.165) is 22.4 Å². The summed E-state index contributed by atoms with van der Waals surface area (Å²) < 4.78 is 13.0. The third-order valence-corrected chi connectivity index (χ3v) is 5.07. The van der Waals surface area contributed by atoms with E-state index in [1.54, 1.807) is 23.1 Å². The molecule has 2 N–H and O–H groups in total. The van der Waals surface area contributed by atoms with E-state index in [4.69, 9.17) is 0 Å². The molecule has 0 unspecified atom stereocenters. The summed E-state index contributed by atoms with van der Waals surface area (Å²) in [7, 11) is 0. The second-order valence-corrected chi connectivity index (χ2v) is 7.18. The number of aromatic nitrogens is 2. The Bertz CT molecular complexity index is 1060. The van der Waals surface area contributed by atoms with Gasteiger partial charge in [0.05, 0.1) is 6.54 Å². The number of aromatic amines is 1. The third-order valence-electron chi connectivity index (χ3n) is 5.07. The summed E-state index contributed by atoms with van der Waals surface area (Å²) in [5.74, 6) is -0.699. The monoisotopic (exact) mass is 392 g/mol. The molecule has 1 aromatic heterocycles. The summed E-state index contributed by atoms with van der Waals surface area (Å²) in [6.07, 6.45) is 0.616. The first-order chi connectivity index (χ1) is 14.0. The van der Waals surface area contributed by atoms with Crippen molar-refractivity contribution in [2.75, 3.05) is 6.54 Å². The number of H-pyrrole nitrogens is 1. The van der Waals surface area contributed by atoms with Gasteiger partial charge < -0.3 is 10.2 Å². The highest BCUT2D eigenvalue weighted by Crippen LogP contribution is 2.22. The molecular weight excluding hydrogens is 371 g/mol. The number of carbonyl (C=O) groups excluding carboxylic acids is 2. The zero-order valence-corrected chi connectivity index (χ0v) is 16.0. The average molecular weight is 392 g/mol. The van der Waals surface area contributed by atoms with Crippen LogP contribution in [0.4, 0.5) is 4.39 Å². The number of hydrogen-bond acceptors (Lipinski definition) is 3. The molecule has 148 valence electrons. The van der Waals surface area contributed by atoms with Crippen LogP contribution in [0.25, 0.3) is 0 Å². The zero-order valence-electron chi connectivity index (χ0n) is 16.0. The second-order valence-electron chi connectivity index (χ2n) is 7.18. The van der Waals surface area contributed by atoms with Crippen LogP contribution in [0.1, 0.15) is 43.2 Å². The highest BCUT2D eigenvalue weighted by molar-refractivity contribution is 5.96. The molecule has 1 aliphatic rings. The Kier molecular flexibility index (Phi) is 5.12. The van der Waals surface area contributed by atoms with Gasteiger partial charge in [-0.1, -0.05) is 29.8 Å². The van der Waals surface area contributed by atoms with Crippen LogP contribution in [0, 0.1) is 12.7 Å². The summed E-state index contributed by atoms with van der Waals surface area (Å²) in [5.41, 5.74) is 4.38. The normalized spacial score (nSPS) is 13.1. The SMILES string of the molecule is Cc1cccc(C(=O)N2CCc3[nH]nc(C(=O)NCc4ccc(F)cc4)c3C2)c1. The second kappa shape index (κ2) is 7.87. The van der Waals surface area contributed by atoms with Gasteiger partial charge in [0.15, 0.2) is 5.69 Å². The van der Waals surface area contributed by atoms with Gasteiger partial charge in [-0.05, 0) is 36.8 Å². The van der Waals surface area contributed by atoms with E-state index < -0.39 is 0 Å². The molecule has 0 saturated carbocycles. The van der Waals surface area contributed by atoms with Crippen molar-refractivity contribution >= 4 is 11.8 Å². The van der Waals surface area contributed by atoms with Gasteiger partial charge in [-0.3, -0.25) is 14.7 Å². The van der Waals surface area contributed by atoms with Crippen LogP contribution < -0.4 is 5.32 Å². The Morgan fingerprint density at radius 1 is 1.21 bits per heavy atom. The maximum Gasteiger partial charge on any atom is 0.272 e. The maximum absolute atomic E-state index is 13.0. The number of aryl methyl sites for hydroxylation is 1. The van der Waals surface area contributed by atoms with E-state index >= 15 is 0 Å². The summed E-state index contributed by atoms with van der Waals surface area (Å²) in [6.45, 7) is 3.12. The van der Waals surface area contributed by atoms with E-state index in [1.165, 1.54) is 12.1 Å². The van der Waals surface area contributed by atoms with Crippen molar-refractivity contribution in [1.82, 2.24) is 20.4 Å². The molecule has 0 radical (unpaired) electrons. The fourth-order valence-corrected chi connectivity index (χ4v) is 3.49. The summed E-state index contributed by atoms with van der Waals surface area (Å²) in [5, 5.41) is 9.90. The number of amides is 2. The molecule has 0 saturated heterocycles. The number of fused-ring (bicyclic) bond motifs is 1. The van der Waals surface area contributed by atoms with Crippen molar-refractivity contribution < 1.29 is 14.0 Å². The maximum atomic E-state index is 13.0. The molecule has 2 heterocycles. The largest absolute Gasteiger partial charge is 0.347 e. The number of carbonyl (C=O) groups is 2. The van der Waals surface area contributed by atoms with E-state index in [9.17, 15) is 14.0 Å². The Morgan fingerprint density at radius 3 is 2.76 bits per heavy atom. The van der Waals surface area contributed by atoms with Crippen molar-refractivity contribution in [3.63, 3.8) is 0 Å². The molecule has 2 aromatic carbocycles. The molecule has 3 aromatic rings. The third kappa shape index (κ3) is 4.03. The lowest BCUT2D eigenvalue weighted by Gasteiger charge is -2.27. The predicted molar refractivity (Wildman–Crippen MR) is 106 cm³/mol. The molecule has 0 aliphatic carbocycles. The Balaban J connectivity index is 1.47. The van der Waals surface area contributed by atoms with Crippen molar-refractivity contribution in [2.24, 2.45) is 0 Å². The van der Waals surface area contributed by atoms with Crippen molar-refractivity contribution in [3.05, 3.63) is 88.0 Å². The lowest BCUT2D eigenvalue weighted by molar-refractivity contribution is 0.0731. The minimum Gasteiger partial charge on any atom is -0.347 e. The number of nitrogens with zero attached hydrogens (tertiary/aromatic N) is 2. The lowest BCUT2D eigenvalue weighted by Crippen LogP contribution is -2.37. The van der Waals surface area contributed by atoms with Crippen LogP contribution in [0.2, 0.25) is 0 Å². The Morgan fingerprint density at radius 2 is 2.00 bits per heavy atom. The van der Waals surface area contributed by atoms with Crippen molar-refractivity contribution in [1.29, 1.82) is 0 Å². The molecule has 2 amide bonds. The van der Waals surface area contributed by atoms with Gasteiger partial charge in [-0.15, -0.1) is 0 Å². The average Bonchev–Trinajstić information content (AvgIpc) is 3.16. The molecule has 0 fully saturated rings. The van der Waals surface area contributed by atoms with Gasteiger partial charge in [0.25, 0.3) is 11.8 Å². The highest BCUT2D eigenvalue weighted by atomic mass is 19.1. The van der Waals surface area contributed by atoms with Crippen LogP contribution >= 0.6 is 0 Å². The topological polar surface area (TPSA) is 78.1 Å². The van der Waals surface area contributed by atoms with Crippen molar-refractivity contribution in [3.8, 4) is 0 Å². The molecule has 0 bridgehead atoms. The summed E-state index contributed by atoms with van der Waals surface area (Å²) >= 11 is 0. The smallest absolute Gasteiger partial charge is 0.272 e. The summed E-state index contributed by atoms with van der Waals surface area (Å²) in [4.78, 5) is 27.2. The van der Waals surface area contributed by atoms with Gasteiger partial charge >= 0.3 is 0 Å². The van der Waals surface area contributed by atoms with Gasteiger partial charge in [-0.2, -0.15) is 5.10 Å². The van der Waals surface area contributed by atoms with E-state index in [2.05, 4.69) is 15.5 Å². The molecule has 7 heteroatoms. The van der Waals surface area contributed by atoms with Gasteiger partial charge in [-0.25, -0.2) is 4.39 Å². The van der Waals surface area contributed by atoms with E-state index in [-0.39, 0.29) is 24.2 Å². The lowest BCUT2D eigenvalue weighted by atomic mass is 10.0. The van der Waals surface area contributed by atoms with Gasteiger partial charge in [0.2, 0.25) is 0 Å². The number of nitrogens with one attached hydrogen (secondary N) is 2. The fraction of sp³-hybridized carbons (Fsp3) is 0.227.